The monoisotopic (exact) mass is 375 g/mol. The molecule has 1 rings (SSSR count). The third kappa shape index (κ3) is 6.55. The van der Waals surface area contributed by atoms with Crippen LogP contribution in [0, 0.1) is 0 Å². The number of anilines is 2. The summed E-state index contributed by atoms with van der Waals surface area (Å²) in [6.45, 7) is 3.69. The maximum Gasteiger partial charge on any atom is 0.257 e. The lowest BCUT2D eigenvalue weighted by atomic mass is 10.1. The van der Waals surface area contributed by atoms with Gasteiger partial charge in [-0.3, -0.25) is 9.59 Å². The summed E-state index contributed by atoms with van der Waals surface area (Å²) < 4.78 is 5.24. The Hall–Kier alpha value is -1.50. The fourth-order valence-electron chi connectivity index (χ4n) is 2.00. The third-order valence-electron chi connectivity index (χ3n) is 3.14. The van der Waals surface area contributed by atoms with Crippen LogP contribution in [0.1, 0.15) is 23.7 Å². The van der Waals surface area contributed by atoms with E-state index in [1.54, 1.807) is 18.2 Å². The van der Waals surface area contributed by atoms with Crippen molar-refractivity contribution < 1.29 is 14.3 Å². The number of hydrogen-bond acceptors (Lipinski definition) is 4. The zero-order chi connectivity index (χ0) is 18.1. The van der Waals surface area contributed by atoms with Gasteiger partial charge in [-0.15, -0.1) is 0 Å². The van der Waals surface area contributed by atoms with E-state index in [1.165, 1.54) is 0 Å². The molecule has 0 radical (unpaired) electrons. The maximum absolute atomic E-state index is 12.4. The number of alkyl halides is 2. The minimum absolute atomic E-state index is 0.223. The van der Waals surface area contributed by atoms with Crippen molar-refractivity contribution in [3.8, 4) is 0 Å². The number of benzene rings is 1. The largest absolute Gasteiger partial charge is 0.382 e. The third-order valence-corrected chi connectivity index (χ3v) is 3.54. The Morgan fingerprint density at radius 1 is 1.29 bits per heavy atom. The number of carbonyl (C=O) groups is 2. The standard InChI is InChI=1S/C16H23Cl2N3O3/c1-4-24-9-5-8-19-15(22)12-10-11(20-16(23)14(17)18)6-7-13(12)21(2)3/h6-7,10,14H,4-5,8-9H2,1-3H3,(H,19,22)(H,20,23). The molecule has 6 nitrogen and oxygen atoms in total. The Morgan fingerprint density at radius 3 is 2.58 bits per heavy atom. The highest BCUT2D eigenvalue weighted by atomic mass is 35.5. The van der Waals surface area contributed by atoms with Gasteiger partial charge in [0.15, 0.2) is 4.84 Å². The molecule has 24 heavy (non-hydrogen) atoms. The first-order chi connectivity index (χ1) is 11.4. The summed E-state index contributed by atoms with van der Waals surface area (Å²) in [5.74, 6) is -0.765. The fourth-order valence-corrected chi connectivity index (χ4v) is 2.11. The van der Waals surface area contributed by atoms with E-state index in [4.69, 9.17) is 27.9 Å². The van der Waals surface area contributed by atoms with Crippen molar-refractivity contribution >= 4 is 46.4 Å². The molecule has 2 N–H and O–H groups in total. The van der Waals surface area contributed by atoms with Crippen LogP contribution in [0.4, 0.5) is 11.4 Å². The van der Waals surface area contributed by atoms with Crippen molar-refractivity contribution in [2.45, 2.75) is 18.2 Å². The highest BCUT2D eigenvalue weighted by molar-refractivity contribution is 6.54. The predicted octanol–water partition coefficient (Wildman–Crippen LogP) is 2.65. The molecule has 0 heterocycles. The lowest BCUT2D eigenvalue weighted by molar-refractivity contribution is -0.114. The second kappa shape index (κ2) is 10.4. The zero-order valence-electron chi connectivity index (χ0n) is 14.1. The van der Waals surface area contributed by atoms with Crippen LogP contribution in [0.5, 0.6) is 0 Å². The van der Waals surface area contributed by atoms with Gasteiger partial charge in [0.05, 0.1) is 5.56 Å². The molecule has 0 saturated heterocycles. The second-order valence-corrected chi connectivity index (χ2v) is 6.32. The smallest absolute Gasteiger partial charge is 0.257 e. The van der Waals surface area contributed by atoms with Gasteiger partial charge < -0.3 is 20.3 Å². The Morgan fingerprint density at radius 2 is 2.00 bits per heavy atom. The molecule has 0 aliphatic heterocycles. The van der Waals surface area contributed by atoms with E-state index in [0.29, 0.717) is 31.0 Å². The highest BCUT2D eigenvalue weighted by Gasteiger charge is 2.16. The first-order valence-corrected chi connectivity index (χ1v) is 8.50. The lowest BCUT2D eigenvalue weighted by Crippen LogP contribution is -2.27. The number of ether oxygens (including phenoxy) is 1. The van der Waals surface area contributed by atoms with Gasteiger partial charge in [0.25, 0.3) is 11.8 Å². The van der Waals surface area contributed by atoms with E-state index < -0.39 is 10.7 Å². The van der Waals surface area contributed by atoms with Gasteiger partial charge >= 0.3 is 0 Å². The van der Waals surface area contributed by atoms with E-state index in [1.807, 2.05) is 25.9 Å². The van der Waals surface area contributed by atoms with Crippen LogP contribution >= 0.6 is 23.2 Å². The Bertz CT molecular complexity index is 565. The van der Waals surface area contributed by atoms with Crippen molar-refractivity contribution in [3.63, 3.8) is 0 Å². The first-order valence-electron chi connectivity index (χ1n) is 7.63. The molecule has 1 aromatic rings. The fraction of sp³-hybridized carbons (Fsp3) is 0.500. The number of nitrogens with one attached hydrogen (secondary N) is 2. The van der Waals surface area contributed by atoms with Crippen LogP contribution in [0.25, 0.3) is 0 Å². The van der Waals surface area contributed by atoms with Crippen molar-refractivity contribution in [2.24, 2.45) is 0 Å². The molecule has 0 saturated carbocycles. The minimum Gasteiger partial charge on any atom is -0.382 e. The van der Waals surface area contributed by atoms with Crippen LogP contribution < -0.4 is 15.5 Å². The molecule has 1 aromatic carbocycles. The molecule has 0 spiro atoms. The van der Waals surface area contributed by atoms with Crippen molar-refractivity contribution in [3.05, 3.63) is 23.8 Å². The molecular weight excluding hydrogens is 353 g/mol. The molecule has 0 aliphatic carbocycles. The van der Waals surface area contributed by atoms with Crippen molar-refractivity contribution in [2.75, 3.05) is 44.1 Å². The van der Waals surface area contributed by atoms with Crippen molar-refractivity contribution in [1.82, 2.24) is 5.32 Å². The normalized spacial score (nSPS) is 10.6. The highest BCUT2D eigenvalue weighted by Crippen LogP contribution is 2.23. The van der Waals surface area contributed by atoms with E-state index in [0.717, 1.165) is 12.1 Å². The topological polar surface area (TPSA) is 70.7 Å². The molecule has 0 fully saturated rings. The van der Waals surface area contributed by atoms with Gasteiger partial charge in [0.2, 0.25) is 0 Å². The van der Waals surface area contributed by atoms with Gasteiger partial charge in [-0.2, -0.15) is 0 Å². The van der Waals surface area contributed by atoms with Gasteiger partial charge in [-0.25, -0.2) is 0 Å². The molecular formula is C16H23Cl2N3O3. The molecule has 134 valence electrons. The number of nitrogens with zero attached hydrogens (tertiary/aromatic N) is 1. The molecule has 0 bridgehead atoms. The summed E-state index contributed by atoms with van der Waals surface area (Å²) >= 11 is 11.1. The van der Waals surface area contributed by atoms with Crippen LogP contribution in [0.2, 0.25) is 0 Å². The van der Waals surface area contributed by atoms with Crippen LogP contribution in [-0.4, -0.2) is 50.5 Å². The SMILES string of the molecule is CCOCCCNC(=O)c1cc(NC(=O)C(Cl)Cl)ccc1N(C)C. The average Bonchev–Trinajstić information content (AvgIpc) is 2.54. The number of hydrogen-bond donors (Lipinski definition) is 2. The summed E-state index contributed by atoms with van der Waals surface area (Å²) in [5.41, 5.74) is 1.65. The number of amides is 2. The van der Waals surface area contributed by atoms with E-state index in [2.05, 4.69) is 10.6 Å². The number of halogens is 2. The summed E-state index contributed by atoms with van der Waals surface area (Å²) in [6, 6.07) is 5.04. The summed E-state index contributed by atoms with van der Waals surface area (Å²) in [6.07, 6.45) is 0.730. The predicted molar refractivity (Wildman–Crippen MR) is 98.3 cm³/mol. The van der Waals surface area contributed by atoms with Gasteiger partial charge in [0.1, 0.15) is 0 Å². The van der Waals surface area contributed by atoms with Gasteiger partial charge in [-0.1, -0.05) is 23.2 Å². The quantitative estimate of drug-likeness (QED) is 0.514. The van der Waals surface area contributed by atoms with E-state index in [9.17, 15) is 9.59 Å². The molecule has 0 aromatic heterocycles. The number of rotatable bonds is 9. The molecule has 2 amide bonds. The molecule has 0 atom stereocenters. The van der Waals surface area contributed by atoms with Crippen LogP contribution in [0.3, 0.4) is 0 Å². The Balaban J connectivity index is 2.84. The maximum atomic E-state index is 12.4. The summed E-state index contributed by atoms with van der Waals surface area (Å²) in [4.78, 5) is 24.7. The number of carbonyl (C=O) groups excluding carboxylic acids is 2. The molecule has 0 unspecified atom stereocenters. The lowest BCUT2D eigenvalue weighted by Gasteiger charge is -2.18. The van der Waals surface area contributed by atoms with Gasteiger partial charge in [0, 0.05) is 45.2 Å². The molecule has 8 heteroatoms. The second-order valence-electron chi connectivity index (χ2n) is 5.22. The average molecular weight is 376 g/mol. The van der Waals surface area contributed by atoms with E-state index >= 15 is 0 Å². The minimum atomic E-state index is -1.17. The Labute approximate surface area is 152 Å². The van der Waals surface area contributed by atoms with Crippen LogP contribution in [-0.2, 0) is 9.53 Å². The van der Waals surface area contributed by atoms with Gasteiger partial charge in [-0.05, 0) is 31.5 Å². The van der Waals surface area contributed by atoms with E-state index in [-0.39, 0.29) is 5.91 Å². The van der Waals surface area contributed by atoms with Crippen LogP contribution in [0.15, 0.2) is 18.2 Å². The first kappa shape index (κ1) is 20.5. The van der Waals surface area contributed by atoms with Crippen molar-refractivity contribution in [1.29, 1.82) is 0 Å². The summed E-state index contributed by atoms with van der Waals surface area (Å²) in [7, 11) is 3.68. The molecule has 0 aliphatic rings. The summed E-state index contributed by atoms with van der Waals surface area (Å²) in [5, 5.41) is 5.41. The Kier molecular flexibility index (Phi) is 8.89. The zero-order valence-corrected chi connectivity index (χ0v) is 15.6.